The number of carbonyl (C=O) groups is 3. The van der Waals surface area contributed by atoms with Crippen molar-refractivity contribution in [3.63, 3.8) is 0 Å². The maximum Gasteiger partial charge on any atom is 0.254 e. The third-order valence-corrected chi connectivity index (χ3v) is 6.73. The lowest BCUT2D eigenvalue weighted by Gasteiger charge is -2.32. The Labute approximate surface area is 223 Å². The van der Waals surface area contributed by atoms with Crippen LogP contribution < -0.4 is 10.6 Å². The van der Waals surface area contributed by atoms with E-state index in [9.17, 15) is 24.6 Å². The van der Waals surface area contributed by atoms with Crippen LogP contribution in [0.1, 0.15) is 54.2 Å². The van der Waals surface area contributed by atoms with Gasteiger partial charge in [-0.25, -0.2) is 0 Å². The van der Waals surface area contributed by atoms with Crippen LogP contribution in [-0.2, 0) is 16.0 Å². The molecule has 0 aromatic heterocycles. The molecule has 0 aliphatic carbocycles. The molecule has 2 aromatic carbocycles. The Balaban J connectivity index is 1.87. The van der Waals surface area contributed by atoms with Gasteiger partial charge in [0.2, 0.25) is 5.91 Å². The molecule has 3 amide bonds. The van der Waals surface area contributed by atoms with Gasteiger partial charge in [0, 0.05) is 23.2 Å². The SMILES string of the molecule is Cc1ccc(C[C@H](NC(=O)c2cccc(O)c2C)[C@H](O)C(=O)N2C[C@@H](Cl)C[C@H]2C(=O)NC(C)(C)C)cc1. The second-order valence-corrected chi connectivity index (χ2v) is 11.4. The van der Waals surface area contributed by atoms with Crippen molar-refractivity contribution in [2.75, 3.05) is 6.54 Å². The Morgan fingerprint density at radius 2 is 1.76 bits per heavy atom. The molecule has 1 heterocycles. The lowest BCUT2D eigenvalue weighted by molar-refractivity contribution is -0.146. The van der Waals surface area contributed by atoms with Gasteiger partial charge in [-0.15, -0.1) is 11.6 Å². The van der Waals surface area contributed by atoms with Crippen LogP contribution >= 0.6 is 11.6 Å². The van der Waals surface area contributed by atoms with E-state index in [-0.39, 0.29) is 36.6 Å². The fraction of sp³-hybridized carbons (Fsp3) is 0.464. The minimum Gasteiger partial charge on any atom is -0.508 e. The van der Waals surface area contributed by atoms with Crippen LogP contribution in [-0.4, -0.2) is 68.5 Å². The highest BCUT2D eigenvalue weighted by molar-refractivity contribution is 6.21. The van der Waals surface area contributed by atoms with Gasteiger partial charge in [-0.2, -0.15) is 0 Å². The van der Waals surface area contributed by atoms with E-state index in [4.69, 9.17) is 11.6 Å². The molecule has 37 heavy (non-hydrogen) atoms. The van der Waals surface area contributed by atoms with E-state index in [0.29, 0.717) is 5.56 Å². The number of amides is 3. The number of nitrogens with zero attached hydrogens (tertiary/aromatic N) is 1. The van der Waals surface area contributed by atoms with Crippen LogP contribution in [0.3, 0.4) is 0 Å². The molecule has 9 heteroatoms. The molecule has 0 radical (unpaired) electrons. The van der Waals surface area contributed by atoms with E-state index in [1.54, 1.807) is 19.1 Å². The molecular formula is C28H36ClN3O5. The first-order valence-corrected chi connectivity index (χ1v) is 12.8. The highest BCUT2D eigenvalue weighted by atomic mass is 35.5. The summed E-state index contributed by atoms with van der Waals surface area (Å²) in [6.07, 6.45) is -1.19. The van der Waals surface area contributed by atoms with E-state index in [1.165, 1.54) is 11.0 Å². The molecule has 8 nitrogen and oxygen atoms in total. The van der Waals surface area contributed by atoms with Crippen molar-refractivity contribution in [3.8, 4) is 5.75 Å². The minimum absolute atomic E-state index is 0.0303. The molecule has 1 saturated heterocycles. The third kappa shape index (κ3) is 7.23. The van der Waals surface area contributed by atoms with E-state index >= 15 is 0 Å². The molecule has 2 aromatic rings. The zero-order chi connectivity index (χ0) is 27.5. The molecule has 4 atom stereocenters. The van der Waals surface area contributed by atoms with Gasteiger partial charge in [-0.3, -0.25) is 14.4 Å². The third-order valence-electron chi connectivity index (χ3n) is 6.41. The van der Waals surface area contributed by atoms with Crippen LogP contribution in [0, 0.1) is 13.8 Å². The molecule has 200 valence electrons. The van der Waals surface area contributed by atoms with E-state index in [0.717, 1.165) is 11.1 Å². The number of aryl methyl sites for hydroxylation is 1. The largest absolute Gasteiger partial charge is 0.508 e. The Morgan fingerprint density at radius 3 is 2.38 bits per heavy atom. The monoisotopic (exact) mass is 529 g/mol. The van der Waals surface area contributed by atoms with Gasteiger partial charge in [0.25, 0.3) is 11.8 Å². The number of alkyl halides is 1. The minimum atomic E-state index is -1.63. The molecule has 0 saturated carbocycles. The van der Waals surface area contributed by atoms with E-state index < -0.39 is 40.9 Å². The van der Waals surface area contributed by atoms with Crippen molar-refractivity contribution in [3.05, 3.63) is 64.7 Å². The Hall–Kier alpha value is -3.10. The van der Waals surface area contributed by atoms with Gasteiger partial charge < -0.3 is 25.7 Å². The summed E-state index contributed by atoms with van der Waals surface area (Å²) in [7, 11) is 0. The van der Waals surface area contributed by atoms with Crippen molar-refractivity contribution in [1.29, 1.82) is 0 Å². The van der Waals surface area contributed by atoms with Gasteiger partial charge >= 0.3 is 0 Å². The number of nitrogens with one attached hydrogen (secondary N) is 2. The first kappa shape index (κ1) is 28.5. The molecule has 0 unspecified atom stereocenters. The van der Waals surface area contributed by atoms with Crippen molar-refractivity contribution in [2.45, 2.75) is 76.6 Å². The molecule has 1 fully saturated rings. The molecule has 4 N–H and O–H groups in total. The van der Waals surface area contributed by atoms with Gasteiger partial charge in [-0.05, 0) is 65.2 Å². The number of aliphatic hydroxyl groups excluding tert-OH is 1. The summed E-state index contributed by atoms with van der Waals surface area (Å²) >= 11 is 6.34. The Bertz CT molecular complexity index is 1150. The lowest BCUT2D eigenvalue weighted by atomic mass is 9.98. The van der Waals surface area contributed by atoms with Crippen LogP contribution in [0.25, 0.3) is 0 Å². The number of rotatable bonds is 7. The zero-order valence-electron chi connectivity index (χ0n) is 21.9. The number of likely N-dealkylation sites (tertiary alicyclic amines) is 1. The van der Waals surface area contributed by atoms with Gasteiger partial charge in [0.15, 0.2) is 6.10 Å². The predicted octanol–water partition coefficient (Wildman–Crippen LogP) is 2.83. The number of hydrogen-bond acceptors (Lipinski definition) is 5. The summed E-state index contributed by atoms with van der Waals surface area (Å²) in [5.41, 5.74) is 1.98. The summed E-state index contributed by atoms with van der Waals surface area (Å²) in [6, 6.07) is 10.3. The molecule has 3 rings (SSSR count). The van der Waals surface area contributed by atoms with Crippen LogP contribution in [0.5, 0.6) is 5.75 Å². The predicted molar refractivity (Wildman–Crippen MR) is 143 cm³/mol. The zero-order valence-corrected chi connectivity index (χ0v) is 22.7. The van der Waals surface area contributed by atoms with Crippen LogP contribution in [0.15, 0.2) is 42.5 Å². The van der Waals surface area contributed by atoms with Gasteiger partial charge in [0.1, 0.15) is 11.8 Å². The number of aromatic hydroxyl groups is 1. The number of carbonyl (C=O) groups excluding carboxylic acids is 3. The summed E-state index contributed by atoms with van der Waals surface area (Å²) in [6.45, 7) is 9.20. The Morgan fingerprint density at radius 1 is 1.11 bits per heavy atom. The maximum absolute atomic E-state index is 13.5. The molecular weight excluding hydrogens is 494 g/mol. The van der Waals surface area contributed by atoms with Crippen molar-refractivity contribution < 1.29 is 24.6 Å². The summed E-state index contributed by atoms with van der Waals surface area (Å²) in [5.74, 6) is -1.58. The average molecular weight is 530 g/mol. The van der Waals surface area contributed by atoms with Gasteiger partial charge in [0.05, 0.1) is 11.4 Å². The topological polar surface area (TPSA) is 119 Å². The number of benzene rings is 2. The molecule has 1 aliphatic rings. The summed E-state index contributed by atoms with van der Waals surface area (Å²) < 4.78 is 0. The lowest BCUT2D eigenvalue weighted by Crippen LogP contribution is -2.57. The fourth-order valence-corrected chi connectivity index (χ4v) is 4.72. The molecule has 1 aliphatic heterocycles. The number of phenols is 1. The first-order valence-electron chi connectivity index (χ1n) is 12.4. The average Bonchev–Trinajstić information content (AvgIpc) is 3.21. The van der Waals surface area contributed by atoms with Gasteiger partial charge in [-0.1, -0.05) is 35.9 Å². The van der Waals surface area contributed by atoms with E-state index in [2.05, 4.69) is 10.6 Å². The highest BCUT2D eigenvalue weighted by Crippen LogP contribution is 2.25. The standard InChI is InChI=1S/C28H36ClN3O5/c1-16-9-11-18(12-10-16)13-21(30-25(35)20-7-6-8-23(33)17(20)2)24(34)27(37)32-15-19(29)14-22(32)26(36)31-28(3,4)5/h6-12,19,21-22,24,33-34H,13-15H2,1-5H3,(H,30,35)(H,31,36)/t19-,21-,22-,24-/m0/s1. The quantitative estimate of drug-likeness (QED) is 0.411. The normalized spacial score (nSPS) is 19.3. The maximum atomic E-state index is 13.5. The first-order chi connectivity index (χ1) is 17.3. The highest BCUT2D eigenvalue weighted by Gasteiger charge is 2.43. The number of aliphatic hydroxyl groups is 1. The van der Waals surface area contributed by atoms with Crippen molar-refractivity contribution in [2.24, 2.45) is 0 Å². The van der Waals surface area contributed by atoms with E-state index in [1.807, 2.05) is 52.0 Å². The van der Waals surface area contributed by atoms with Crippen molar-refractivity contribution >= 4 is 29.3 Å². The number of hydrogen-bond donors (Lipinski definition) is 4. The number of halogens is 1. The second kappa shape index (κ2) is 11.5. The summed E-state index contributed by atoms with van der Waals surface area (Å²) in [4.78, 5) is 40.9. The van der Waals surface area contributed by atoms with Crippen LogP contribution in [0.2, 0.25) is 0 Å². The Kier molecular flexibility index (Phi) is 8.87. The number of phenolic OH excluding ortho intramolecular Hbond substituents is 1. The fourth-order valence-electron chi connectivity index (χ4n) is 4.41. The summed E-state index contributed by atoms with van der Waals surface area (Å²) in [5, 5.41) is 26.5. The van der Waals surface area contributed by atoms with Crippen molar-refractivity contribution in [1.82, 2.24) is 15.5 Å². The second-order valence-electron chi connectivity index (χ2n) is 10.7. The molecule has 0 bridgehead atoms. The van der Waals surface area contributed by atoms with Crippen LogP contribution in [0.4, 0.5) is 0 Å². The molecule has 0 spiro atoms. The smallest absolute Gasteiger partial charge is 0.254 e.